The normalized spacial score (nSPS) is 12.8. The fraction of sp³-hybridized carbons (Fsp3) is 0.188. The van der Waals surface area contributed by atoms with Gasteiger partial charge in [-0.3, -0.25) is 0 Å². The van der Waals surface area contributed by atoms with Crippen LogP contribution in [-0.4, -0.2) is 5.71 Å². The maximum Gasteiger partial charge on any atom is 0.153 e. The lowest BCUT2D eigenvalue weighted by Gasteiger charge is -2.08. The molecule has 0 bridgehead atoms. The third-order valence-electron chi connectivity index (χ3n) is 3.08. The van der Waals surface area contributed by atoms with Crippen molar-refractivity contribution >= 4 is 23.0 Å². The van der Waals surface area contributed by atoms with Gasteiger partial charge in [0.1, 0.15) is 11.4 Å². The Morgan fingerprint density at radius 3 is 2.79 bits per heavy atom. The fourth-order valence-corrected chi connectivity index (χ4v) is 2.38. The minimum absolute atomic E-state index is 0.674. The summed E-state index contributed by atoms with van der Waals surface area (Å²) in [5.41, 5.74) is 2.92. The summed E-state index contributed by atoms with van der Waals surface area (Å²) < 4.78 is 5.96. The Kier molecular flexibility index (Phi) is 3.26. The number of aliphatic imine (C=N–C) groups is 1. The van der Waals surface area contributed by atoms with Crippen LogP contribution in [0.15, 0.2) is 47.5 Å². The fourth-order valence-electron chi connectivity index (χ4n) is 2.21. The van der Waals surface area contributed by atoms with Crippen molar-refractivity contribution in [2.45, 2.75) is 19.8 Å². The molecule has 0 spiro atoms. The molecule has 0 aliphatic carbocycles. The summed E-state index contributed by atoms with van der Waals surface area (Å²) in [6.45, 7) is 2.15. The molecule has 2 aromatic rings. The van der Waals surface area contributed by atoms with Gasteiger partial charge in [0.15, 0.2) is 5.75 Å². The minimum Gasteiger partial charge on any atom is -0.454 e. The maximum atomic E-state index is 6.04. The first-order valence-corrected chi connectivity index (χ1v) is 6.80. The van der Waals surface area contributed by atoms with Crippen molar-refractivity contribution in [2.75, 3.05) is 0 Å². The molecule has 0 unspecified atom stereocenters. The molecule has 0 fully saturated rings. The Hall–Kier alpha value is -1.80. The van der Waals surface area contributed by atoms with Crippen LogP contribution in [0.3, 0.4) is 0 Å². The van der Waals surface area contributed by atoms with E-state index in [1.807, 2.05) is 36.4 Å². The Morgan fingerprint density at radius 2 is 1.95 bits per heavy atom. The number of hydrogen-bond acceptors (Lipinski definition) is 2. The first kappa shape index (κ1) is 12.2. The van der Waals surface area contributed by atoms with Crippen LogP contribution in [-0.2, 0) is 0 Å². The van der Waals surface area contributed by atoms with Crippen LogP contribution in [0.4, 0.5) is 5.69 Å². The van der Waals surface area contributed by atoms with Crippen molar-refractivity contribution in [3.8, 4) is 11.5 Å². The van der Waals surface area contributed by atoms with Gasteiger partial charge in [-0.25, -0.2) is 4.99 Å². The van der Waals surface area contributed by atoms with E-state index in [9.17, 15) is 0 Å². The van der Waals surface area contributed by atoms with Crippen molar-refractivity contribution in [2.24, 2.45) is 4.99 Å². The van der Waals surface area contributed by atoms with Crippen LogP contribution in [0, 0.1) is 0 Å². The number of ether oxygens (including phenoxy) is 1. The highest BCUT2D eigenvalue weighted by molar-refractivity contribution is 6.31. The van der Waals surface area contributed by atoms with E-state index < -0.39 is 0 Å². The molecule has 1 heterocycles. The summed E-state index contributed by atoms with van der Waals surface area (Å²) in [5, 5.41) is 0.674. The second kappa shape index (κ2) is 5.06. The number of para-hydroxylation sites is 1. The average Bonchev–Trinajstić information content (AvgIpc) is 2.56. The van der Waals surface area contributed by atoms with Gasteiger partial charge in [0.05, 0.1) is 5.71 Å². The zero-order chi connectivity index (χ0) is 13.2. The zero-order valence-corrected chi connectivity index (χ0v) is 11.4. The lowest BCUT2D eigenvalue weighted by molar-refractivity contribution is 0.484. The van der Waals surface area contributed by atoms with Gasteiger partial charge in [0.25, 0.3) is 0 Å². The van der Waals surface area contributed by atoms with Crippen LogP contribution in [0.2, 0.25) is 5.02 Å². The van der Waals surface area contributed by atoms with E-state index in [0.29, 0.717) is 5.02 Å². The van der Waals surface area contributed by atoms with Crippen LogP contribution >= 0.6 is 11.6 Å². The monoisotopic (exact) mass is 271 g/mol. The number of fused-ring (bicyclic) bond motifs is 2. The Labute approximate surface area is 117 Å². The van der Waals surface area contributed by atoms with Gasteiger partial charge in [-0.05, 0) is 36.8 Å². The molecule has 1 aliphatic rings. The molecule has 96 valence electrons. The predicted molar refractivity (Wildman–Crippen MR) is 79.1 cm³/mol. The molecule has 0 saturated heterocycles. The summed E-state index contributed by atoms with van der Waals surface area (Å²) in [5.74, 6) is 1.61. The number of rotatable bonds is 2. The second-order valence-electron chi connectivity index (χ2n) is 4.52. The highest BCUT2D eigenvalue weighted by Crippen LogP contribution is 2.39. The SMILES string of the molecule is CCCC1=Nc2cc(Cl)ccc2Oc2ccccc21. The van der Waals surface area contributed by atoms with Gasteiger partial charge >= 0.3 is 0 Å². The minimum atomic E-state index is 0.674. The van der Waals surface area contributed by atoms with E-state index in [4.69, 9.17) is 21.3 Å². The largest absolute Gasteiger partial charge is 0.454 e. The third kappa shape index (κ3) is 2.36. The van der Waals surface area contributed by atoms with E-state index in [1.54, 1.807) is 0 Å². The number of hydrogen-bond donors (Lipinski definition) is 0. The summed E-state index contributed by atoms with van der Waals surface area (Å²) in [6, 6.07) is 13.6. The maximum absolute atomic E-state index is 6.04. The number of halogens is 1. The van der Waals surface area contributed by atoms with Gasteiger partial charge < -0.3 is 4.74 Å². The third-order valence-corrected chi connectivity index (χ3v) is 3.32. The van der Waals surface area contributed by atoms with Crippen molar-refractivity contribution in [1.29, 1.82) is 0 Å². The molecule has 0 amide bonds. The summed E-state index contributed by atoms with van der Waals surface area (Å²) in [6.07, 6.45) is 1.97. The molecule has 0 atom stereocenters. The van der Waals surface area contributed by atoms with E-state index in [0.717, 1.165) is 41.3 Å². The first-order chi connectivity index (χ1) is 9.28. The van der Waals surface area contributed by atoms with Crippen molar-refractivity contribution < 1.29 is 4.74 Å². The smallest absolute Gasteiger partial charge is 0.153 e. The Balaban J connectivity index is 2.20. The second-order valence-corrected chi connectivity index (χ2v) is 4.96. The molecular formula is C16H14ClNO. The van der Waals surface area contributed by atoms with E-state index >= 15 is 0 Å². The van der Waals surface area contributed by atoms with Crippen LogP contribution in [0.25, 0.3) is 0 Å². The topological polar surface area (TPSA) is 21.6 Å². The Morgan fingerprint density at radius 1 is 1.11 bits per heavy atom. The molecule has 0 N–H and O–H groups in total. The molecule has 2 nitrogen and oxygen atoms in total. The van der Waals surface area contributed by atoms with E-state index in [-0.39, 0.29) is 0 Å². The predicted octanol–water partition coefficient (Wildman–Crippen LogP) is 5.37. The van der Waals surface area contributed by atoms with Crippen LogP contribution in [0.1, 0.15) is 25.3 Å². The average molecular weight is 272 g/mol. The quantitative estimate of drug-likeness (QED) is 0.720. The van der Waals surface area contributed by atoms with Gasteiger partial charge in [0.2, 0.25) is 0 Å². The van der Waals surface area contributed by atoms with Crippen LogP contribution in [0.5, 0.6) is 11.5 Å². The molecule has 0 saturated carbocycles. The first-order valence-electron chi connectivity index (χ1n) is 6.42. The van der Waals surface area contributed by atoms with E-state index in [1.165, 1.54) is 0 Å². The molecule has 0 aromatic heterocycles. The number of benzene rings is 2. The van der Waals surface area contributed by atoms with Gasteiger partial charge in [-0.1, -0.05) is 37.1 Å². The van der Waals surface area contributed by atoms with Crippen molar-refractivity contribution in [3.05, 3.63) is 53.1 Å². The summed E-state index contributed by atoms with van der Waals surface area (Å²) in [4.78, 5) is 4.74. The van der Waals surface area contributed by atoms with Crippen molar-refractivity contribution in [1.82, 2.24) is 0 Å². The molecule has 19 heavy (non-hydrogen) atoms. The standard InChI is InChI=1S/C16H14ClNO/c1-2-5-13-12-6-3-4-7-15(12)19-16-9-8-11(17)10-14(16)18-13/h3-4,6-10H,2,5H2,1H3. The summed E-state index contributed by atoms with van der Waals surface area (Å²) in [7, 11) is 0. The molecule has 3 rings (SSSR count). The van der Waals surface area contributed by atoms with Gasteiger partial charge in [-0.2, -0.15) is 0 Å². The van der Waals surface area contributed by atoms with Crippen molar-refractivity contribution in [3.63, 3.8) is 0 Å². The Bertz CT molecular complexity index is 649. The molecule has 1 aliphatic heterocycles. The molecule has 0 radical (unpaired) electrons. The highest BCUT2D eigenvalue weighted by Gasteiger charge is 2.17. The number of nitrogens with zero attached hydrogens (tertiary/aromatic N) is 1. The van der Waals surface area contributed by atoms with Gasteiger partial charge in [-0.15, -0.1) is 0 Å². The zero-order valence-electron chi connectivity index (χ0n) is 10.7. The van der Waals surface area contributed by atoms with Gasteiger partial charge in [0, 0.05) is 10.6 Å². The molecule has 3 heteroatoms. The van der Waals surface area contributed by atoms with E-state index in [2.05, 4.69) is 13.0 Å². The molecule has 2 aromatic carbocycles. The van der Waals surface area contributed by atoms with Crippen LogP contribution < -0.4 is 4.74 Å². The summed E-state index contributed by atoms with van der Waals surface area (Å²) >= 11 is 6.04. The highest BCUT2D eigenvalue weighted by atomic mass is 35.5. The molecular weight excluding hydrogens is 258 g/mol. The lowest BCUT2D eigenvalue weighted by Crippen LogP contribution is -2.00. The lowest BCUT2D eigenvalue weighted by atomic mass is 10.1.